The van der Waals surface area contributed by atoms with E-state index in [-0.39, 0.29) is 6.10 Å². The van der Waals surface area contributed by atoms with Crippen molar-refractivity contribution in [2.75, 3.05) is 54.1 Å². The molecule has 7 heteroatoms. The number of aliphatic imine (C=N–C) groups is 1. The number of halogens is 1. The zero-order valence-corrected chi connectivity index (χ0v) is 16.8. The molecule has 0 aliphatic carbocycles. The van der Waals surface area contributed by atoms with Crippen LogP contribution in [-0.4, -0.2) is 71.0 Å². The molecule has 0 spiro atoms. The Morgan fingerprint density at radius 1 is 1.35 bits per heavy atom. The smallest absolute Gasteiger partial charge is 0.191 e. The number of likely N-dealkylation sites (tertiary alicyclic amines) is 1. The molecule has 1 aliphatic heterocycles. The van der Waals surface area contributed by atoms with Gasteiger partial charge in [0.1, 0.15) is 0 Å². The minimum absolute atomic E-state index is 0.0804. The molecular weight excluding hydrogens is 352 g/mol. The number of methoxy groups -OCH3 is 2. The summed E-state index contributed by atoms with van der Waals surface area (Å²) in [5.41, 5.74) is 1.05. The molecule has 1 unspecified atom stereocenters. The number of nitrogens with zero attached hydrogens (tertiary/aromatic N) is 2. The number of guanidine groups is 1. The molecule has 146 valence electrons. The highest BCUT2D eigenvalue weighted by molar-refractivity contribution is 6.30. The second kappa shape index (κ2) is 11.4. The third-order valence-electron chi connectivity index (χ3n) is 4.72. The lowest BCUT2D eigenvalue weighted by Crippen LogP contribution is -2.49. The summed E-state index contributed by atoms with van der Waals surface area (Å²) in [6.07, 6.45) is 2.13. The average molecular weight is 383 g/mol. The van der Waals surface area contributed by atoms with Crippen LogP contribution in [0.15, 0.2) is 29.3 Å². The van der Waals surface area contributed by atoms with Crippen LogP contribution in [0.5, 0.6) is 0 Å². The SMILES string of the molecule is CN=C(NCC(OC)c1cccc(Cl)c1)NC1CCN(CCOC)CC1. The maximum absolute atomic E-state index is 6.08. The molecule has 1 saturated heterocycles. The lowest BCUT2D eigenvalue weighted by atomic mass is 10.1. The fourth-order valence-electron chi connectivity index (χ4n) is 3.14. The van der Waals surface area contributed by atoms with E-state index in [1.54, 1.807) is 21.3 Å². The molecule has 1 aliphatic rings. The van der Waals surface area contributed by atoms with Crippen molar-refractivity contribution in [2.45, 2.75) is 25.0 Å². The van der Waals surface area contributed by atoms with Crippen molar-refractivity contribution >= 4 is 17.6 Å². The fraction of sp³-hybridized carbons (Fsp3) is 0.632. The van der Waals surface area contributed by atoms with Gasteiger partial charge < -0.3 is 25.0 Å². The molecule has 0 saturated carbocycles. The summed E-state index contributed by atoms with van der Waals surface area (Å²) < 4.78 is 10.8. The summed E-state index contributed by atoms with van der Waals surface area (Å²) in [5.74, 6) is 0.810. The molecule has 0 aromatic heterocycles. The van der Waals surface area contributed by atoms with Gasteiger partial charge in [0.05, 0.1) is 12.7 Å². The standard InChI is InChI=1S/C19H31ClN4O2/c1-21-19(23-17-7-9-24(10-8-17)11-12-25-2)22-14-18(26-3)15-5-4-6-16(20)13-15/h4-6,13,17-18H,7-12,14H2,1-3H3,(H2,21,22,23). The molecule has 2 rings (SSSR count). The first-order chi connectivity index (χ1) is 12.7. The van der Waals surface area contributed by atoms with Gasteiger partial charge in [0.15, 0.2) is 5.96 Å². The summed E-state index contributed by atoms with van der Waals surface area (Å²) in [6.45, 7) is 4.60. The largest absolute Gasteiger partial charge is 0.383 e. The minimum atomic E-state index is -0.0804. The Bertz CT molecular complexity index is 562. The Balaban J connectivity index is 1.79. The quantitative estimate of drug-likeness (QED) is 0.533. The van der Waals surface area contributed by atoms with Gasteiger partial charge in [0.25, 0.3) is 0 Å². The van der Waals surface area contributed by atoms with Crippen LogP contribution >= 0.6 is 11.6 Å². The maximum Gasteiger partial charge on any atom is 0.191 e. The molecule has 1 fully saturated rings. The van der Waals surface area contributed by atoms with Crippen molar-refractivity contribution in [3.63, 3.8) is 0 Å². The lowest BCUT2D eigenvalue weighted by Gasteiger charge is -2.33. The van der Waals surface area contributed by atoms with Crippen LogP contribution < -0.4 is 10.6 Å². The molecule has 1 aromatic rings. The second-order valence-electron chi connectivity index (χ2n) is 6.49. The van der Waals surface area contributed by atoms with Gasteiger partial charge in [-0.3, -0.25) is 4.99 Å². The van der Waals surface area contributed by atoms with E-state index in [9.17, 15) is 0 Å². The molecule has 2 N–H and O–H groups in total. The van der Waals surface area contributed by atoms with Crippen LogP contribution in [0.1, 0.15) is 24.5 Å². The Hall–Kier alpha value is -1.34. The predicted octanol–water partition coefficient (Wildman–Crippen LogP) is 2.30. The zero-order valence-electron chi connectivity index (χ0n) is 16.0. The van der Waals surface area contributed by atoms with Crippen LogP contribution in [0, 0.1) is 0 Å². The first-order valence-corrected chi connectivity index (χ1v) is 9.50. The highest BCUT2D eigenvalue weighted by Crippen LogP contribution is 2.19. The Morgan fingerprint density at radius 3 is 2.73 bits per heavy atom. The summed E-state index contributed by atoms with van der Waals surface area (Å²) >= 11 is 6.08. The molecule has 26 heavy (non-hydrogen) atoms. The van der Waals surface area contributed by atoms with Gasteiger partial charge in [-0.2, -0.15) is 0 Å². The van der Waals surface area contributed by atoms with E-state index in [2.05, 4.69) is 20.5 Å². The van der Waals surface area contributed by atoms with Crippen LogP contribution in [-0.2, 0) is 9.47 Å². The van der Waals surface area contributed by atoms with Gasteiger partial charge in [0.2, 0.25) is 0 Å². The Kier molecular flexibility index (Phi) is 9.18. The molecule has 6 nitrogen and oxygen atoms in total. The van der Waals surface area contributed by atoms with E-state index in [4.69, 9.17) is 21.1 Å². The summed E-state index contributed by atoms with van der Waals surface area (Å²) in [4.78, 5) is 6.79. The van der Waals surface area contributed by atoms with Crippen LogP contribution in [0.2, 0.25) is 5.02 Å². The summed E-state index contributed by atoms with van der Waals surface area (Å²) in [7, 11) is 5.25. The number of piperidine rings is 1. The van der Waals surface area contributed by atoms with Crippen molar-refractivity contribution in [1.29, 1.82) is 0 Å². The van der Waals surface area contributed by atoms with Crippen molar-refractivity contribution in [3.8, 4) is 0 Å². The average Bonchev–Trinajstić information content (AvgIpc) is 2.67. The number of hydrogen-bond acceptors (Lipinski definition) is 4. The van der Waals surface area contributed by atoms with Crippen molar-refractivity contribution < 1.29 is 9.47 Å². The predicted molar refractivity (Wildman–Crippen MR) is 107 cm³/mol. The third kappa shape index (κ3) is 6.76. The van der Waals surface area contributed by atoms with Gasteiger partial charge in [-0.05, 0) is 30.5 Å². The second-order valence-corrected chi connectivity index (χ2v) is 6.92. The molecule has 1 atom stereocenters. The summed E-state index contributed by atoms with van der Waals surface area (Å²) in [5, 5.41) is 7.61. The molecule has 0 radical (unpaired) electrons. The van der Waals surface area contributed by atoms with E-state index < -0.39 is 0 Å². The third-order valence-corrected chi connectivity index (χ3v) is 4.96. The van der Waals surface area contributed by atoms with Gasteiger partial charge in [0, 0.05) is 58.5 Å². The number of nitrogens with one attached hydrogen (secondary N) is 2. The van der Waals surface area contributed by atoms with Gasteiger partial charge in [-0.25, -0.2) is 0 Å². The van der Waals surface area contributed by atoms with Crippen molar-refractivity contribution in [3.05, 3.63) is 34.9 Å². The van der Waals surface area contributed by atoms with E-state index >= 15 is 0 Å². The van der Waals surface area contributed by atoms with Crippen LogP contribution in [0.3, 0.4) is 0 Å². The molecular formula is C19H31ClN4O2. The van der Waals surface area contributed by atoms with E-state index in [0.29, 0.717) is 17.6 Å². The number of benzene rings is 1. The number of hydrogen-bond donors (Lipinski definition) is 2. The Labute approximate surface area is 161 Å². The van der Waals surface area contributed by atoms with Crippen LogP contribution in [0.4, 0.5) is 0 Å². The molecule has 0 amide bonds. The topological polar surface area (TPSA) is 58.1 Å². The first-order valence-electron chi connectivity index (χ1n) is 9.13. The monoisotopic (exact) mass is 382 g/mol. The van der Waals surface area contributed by atoms with Crippen molar-refractivity contribution in [1.82, 2.24) is 15.5 Å². The fourth-order valence-corrected chi connectivity index (χ4v) is 3.34. The molecule has 0 bridgehead atoms. The van der Waals surface area contributed by atoms with E-state index in [1.807, 2.05) is 24.3 Å². The Morgan fingerprint density at radius 2 is 2.12 bits per heavy atom. The zero-order chi connectivity index (χ0) is 18.8. The van der Waals surface area contributed by atoms with E-state index in [0.717, 1.165) is 50.6 Å². The van der Waals surface area contributed by atoms with Gasteiger partial charge in [-0.15, -0.1) is 0 Å². The number of rotatable bonds is 8. The van der Waals surface area contributed by atoms with Gasteiger partial charge >= 0.3 is 0 Å². The number of ether oxygens (including phenoxy) is 2. The summed E-state index contributed by atoms with van der Waals surface area (Å²) in [6, 6.07) is 8.20. The molecule has 1 aromatic carbocycles. The normalized spacial score (nSPS) is 17.9. The maximum atomic E-state index is 6.08. The van der Waals surface area contributed by atoms with Crippen molar-refractivity contribution in [2.24, 2.45) is 4.99 Å². The highest BCUT2D eigenvalue weighted by atomic mass is 35.5. The minimum Gasteiger partial charge on any atom is -0.383 e. The van der Waals surface area contributed by atoms with Gasteiger partial charge in [-0.1, -0.05) is 23.7 Å². The van der Waals surface area contributed by atoms with Crippen LogP contribution in [0.25, 0.3) is 0 Å². The molecule has 1 heterocycles. The highest BCUT2D eigenvalue weighted by Gasteiger charge is 2.20. The lowest BCUT2D eigenvalue weighted by molar-refractivity contribution is 0.106. The van der Waals surface area contributed by atoms with E-state index in [1.165, 1.54) is 0 Å². The first kappa shape index (κ1) is 21.0.